The first kappa shape index (κ1) is 24.9. The van der Waals surface area contributed by atoms with Crippen LogP contribution in [0.4, 0.5) is 0 Å². The molecule has 37 heavy (non-hydrogen) atoms. The first-order valence-electron chi connectivity index (χ1n) is 12.0. The molecule has 6 rings (SSSR count). The number of ether oxygens (including phenoxy) is 2. The lowest BCUT2D eigenvalue weighted by molar-refractivity contribution is 0.0463. The van der Waals surface area contributed by atoms with Crippen molar-refractivity contribution in [3.05, 3.63) is 117 Å². The van der Waals surface area contributed by atoms with Gasteiger partial charge in [-0.15, -0.1) is 0 Å². The number of epoxide rings is 1. The third-order valence-corrected chi connectivity index (χ3v) is 9.38. The summed E-state index contributed by atoms with van der Waals surface area (Å²) in [7, 11) is 0. The van der Waals surface area contributed by atoms with E-state index in [2.05, 4.69) is 69.8 Å². The summed E-state index contributed by atoms with van der Waals surface area (Å²) in [6, 6.07) is 28.5. The van der Waals surface area contributed by atoms with Crippen LogP contribution in [0.15, 0.2) is 99.2 Å². The second-order valence-corrected chi connectivity index (χ2v) is 11.3. The highest BCUT2D eigenvalue weighted by Gasteiger charge is 2.41. The number of benzene rings is 4. The third kappa shape index (κ3) is 5.02. The van der Waals surface area contributed by atoms with Crippen LogP contribution in [-0.2, 0) is 16.0 Å². The lowest BCUT2D eigenvalue weighted by Gasteiger charge is -2.14. The standard InChI is InChI=1S/C30H23BrClNO3S/c31-25-14-13-18(28(27(25)32)37-26-12-6-1-7-19(26)16-34)15-33-29-30(36-29)35-17-24-22-10-4-2-8-20(22)21-9-3-5-11-23(21)24/h1-14,16,24,29-30,33H,15,17H2. The molecule has 4 aromatic carbocycles. The van der Waals surface area contributed by atoms with Crippen LogP contribution in [0.5, 0.6) is 0 Å². The monoisotopic (exact) mass is 591 g/mol. The normalized spacial score (nSPS) is 17.9. The molecule has 1 saturated heterocycles. The first-order valence-corrected chi connectivity index (χ1v) is 14.0. The van der Waals surface area contributed by atoms with Crippen molar-refractivity contribution in [2.45, 2.75) is 34.8 Å². The Morgan fingerprint density at radius 3 is 2.35 bits per heavy atom. The minimum atomic E-state index is -0.294. The SMILES string of the molecule is O=Cc1ccccc1Sc1c(CNC2OC2OCC2c3ccccc3-c3ccccc32)ccc(Br)c1Cl. The highest BCUT2D eigenvalue weighted by atomic mass is 79.9. The Bertz CT molecular complexity index is 1430. The van der Waals surface area contributed by atoms with E-state index in [0.717, 1.165) is 26.1 Å². The van der Waals surface area contributed by atoms with Crippen LogP contribution < -0.4 is 5.32 Å². The van der Waals surface area contributed by atoms with Crippen molar-refractivity contribution in [1.29, 1.82) is 0 Å². The van der Waals surface area contributed by atoms with Crippen molar-refractivity contribution >= 4 is 45.6 Å². The van der Waals surface area contributed by atoms with Gasteiger partial charge in [-0.2, -0.15) is 0 Å². The minimum Gasteiger partial charge on any atom is -0.348 e. The molecule has 4 aromatic rings. The number of fused-ring (bicyclic) bond motifs is 3. The summed E-state index contributed by atoms with van der Waals surface area (Å²) in [5.41, 5.74) is 6.83. The number of nitrogens with one attached hydrogen (secondary N) is 1. The summed E-state index contributed by atoms with van der Waals surface area (Å²) >= 11 is 11.7. The average molecular weight is 593 g/mol. The van der Waals surface area contributed by atoms with Crippen molar-refractivity contribution in [3.8, 4) is 11.1 Å². The molecule has 1 fully saturated rings. The van der Waals surface area contributed by atoms with Crippen LogP contribution in [0.3, 0.4) is 0 Å². The van der Waals surface area contributed by atoms with Gasteiger partial charge in [0.25, 0.3) is 0 Å². The molecule has 1 N–H and O–H groups in total. The van der Waals surface area contributed by atoms with Gasteiger partial charge in [0.05, 0.1) is 11.6 Å². The smallest absolute Gasteiger partial charge is 0.199 e. The average Bonchev–Trinajstić information content (AvgIpc) is 3.62. The van der Waals surface area contributed by atoms with Gasteiger partial charge in [-0.05, 0) is 55.9 Å². The summed E-state index contributed by atoms with van der Waals surface area (Å²) < 4.78 is 12.8. The maximum absolute atomic E-state index is 11.5. The number of carbonyl (C=O) groups is 1. The molecule has 0 bridgehead atoms. The lowest BCUT2D eigenvalue weighted by Crippen LogP contribution is -2.21. The Labute approximate surface area is 233 Å². The van der Waals surface area contributed by atoms with E-state index >= 15 is 0 Å². The van der Waals surface area contributed by atoms with Gasteiger partial charge in [0.1, 0.15) is 0 Å². The van der Waals surface area contributed by atoms with Crippen molar-refractivity contribution < 1.29 is 14.3 Å². The molecule has 7 heteroatoms. The predicted molar refractivity (Wildman–Crippen MR) is 150 cm³/mol. The fraction of sp³-hybridized carbons (Fsp3) is 0.167. The van der Waals surface area contributed by atoms with E-state index in [0.29, 0.717) is 23.7 Å². The molecule has 1 aliphatic carbocycles. The van der Waals surface area contributed by atoms with Gasteiger partial charge < -0.3 is 9.47 Å². The summed E-state index contributed by atoms with van der Waals surface area (Å²) in [5.74, 6) is 0.198. The molecule has 0 spiro atoms. The van der Waals surface area contributed by atoms with Crippen LogP contribution in [0, 0.1) is 0 Å². The molecule has 4 nitrogen and oxygen atoms in total. The second kappa shape index (κ2) is 10.7. The largest absolute Gasteiger partial charge is 0.348 e. The van der Waals surface area contributed by atoms with Crippen LogP contribution in [0.2, 0.25) is 5.02 Å². The van der Waals surface area contributed by atoms with Crippen molar-refractivity contribution in [1.82, 2.24) is 5.32 Å². The van der Waals surface area contributed by atoms with Crippen LogP contribution in [0.25, 0.3) is 11.1 Å². The van der Waals surface area contributed by atoms with E-state index in [9.17, 15) is 4.79 Å². The number of hydrogen-bond acceptors (Lipinski definition) is 5. The fourth-order valence-electron chi connectivity index (χ4n) is 4.81. The summed E-state index contributed by atoms with van der Waals surface area (Å²) in [5, 5.41) is 4.05. The Morgan fingerprint density at radius 1 is 0.946 bits per heavy atom. The summed E-state index contributed by atoms with van der Waals surface area (Å²) in [6.07, 6.45) is 0.389. The number of rotatable bonds is 9. The van der Waals surface area contributed by atoms with Gasteiger partial charge in [0, 0.05) is 32.3 Å². The number of hydrogen-bond donors (Lipinski definition) is 1. The molecule has 186 valence electrons. The molecule has 2 atom stereocenters. The van der Waals surface area contributed by atoms with E-state index in [4.69, 9.17) is 21.1 Å². The fourth-order valence-corrected chi connectivity index (χ4v) is 6.65. The van der Waals surface area contributed by atoms with Crippen LogP contribution in [-0.4, -0.2) is 25.4 Å². The number of carbonyl (C=O) groups excluding carboxylic acids is 1. The highest BCUT2D eigenvalue weighted by Crippen LogP contribution is 2.45. The quantitative estimate of drug-likeness (QED) is 0.160. The summed E-state index contributed by atoms with van der Waals surface area (Å²) in [6.45, 7) is 1.11. The maximum atomic E-state index is 11.5. The third-order valence-electron chi connectivity index (χ3n) is 6.72. The minimum absolute atomic E-state index is 0.186. The number of aldehydes is 1. The molecular weight excluding hydrogens is 570 g/mol. The molecule has 1 heterocycles. The van der Waals surface area contributed by atoms with Crippen molar-refractivity contribution in [2.24, 2.45) is 0 Å². The predicted octanol–water partition coefficient (Wildman–Crippen LogP) is 7.67. The van der Waals surface area contributed by atoms with E-state index in [1.807, 2.05) is 30.3 Å². The zero-order valence-electron chi connectivity index (χ0n) is 19.7. The number of halogens is 2. The lowest BCUT2D eigenvalue weighted by atomic mass is 9.98. The Morgan fingerprint density at radius 2 is 1.62 bits per heavy atom. The highest BCUT2D eigenvalue weighted by molar-refractivity contribution is 9.10. The zero-order chi connectivity index (χ0) is 25.4. The maximum Gasteiger partial charge on any atom is 0.199 e. The van der Waals surface area contributed by atoms with Crippen molar-refractivity contribution in [2.75, 3.05) is 6.61 Å². The molecular formula is C30H23BrClNO3S. The van der Waals surface area contributed by atoms with E-state index in [-0.39, 0.29) is 18.4 Å². The Kier molecular flexibility index (Phi) is 7.21. The summed E-state index contributed by atoms with van der Waals surface area (Å²) in [4.78, 5) is 13.3. The molecule has 0 saturated carbocycles. The van der Waals surface area contributed by atoms with Gasteiger partial charge in [-0.1, -0.05) is 96.2 Å². The molecule has 2 unspecified atom stereocenters. The van der Waals surface area contributed by atoms with E-state index in [1.165, 1.54) is 34.0 Å². The van der Waals surface area contributed by atoms with E-state index in [1.54, 1.807) is 6.07 Å². The van der Waals surface area contributed by atoms with Gasteiger partial charge in [-0.25, -0.2) is 0 Å². The second-order valence-electron chi connectivity index (χ2n) is 8.97. The first-order chi connectivity index (χ1) is 18.1. The molecule has 1 aliphatic heterocycles. The molecule has 0 radical (unpaired) electrons. The zero-order valence-corrected chi connectivity index (χ0v) is 22.9. The van der Waals surface area contributed by atoms with Gasteiger partial charge in [0.15, 0.2) is 18.8 Å². The molecule has 0 aromatic heterocycles. The van der Waals surface area contributed by atoms with Crippen LogP contribution in [0.1, 0.15) is 33.0 Å². The Balaban J connectivity index is 1.11. The van der Waals surface area contributed by atoms with Crippen LogP contribution >= 0.6 is 39.3 Å². The van der Waals surface area contributed by atoms with Crippen molar-refractivity contribution in [3.63, 3.8) is 0 Å². The molecule has 0 amide bonds. The van der Waals surface area contributed by atoms with Gasteiger partial charge >= 0.3 is 0 Å². The Hall–Kier alpha value is -2.45. The van der Waals surface area contributed by atoms with E-state index < -0.39 is 0 Å². The van der Waals surface area contributed by atoms with Gasteiger partial charge in [-0.3, -0.25) is 10.1 Å². The molecule has 2 aliphatic rings. The topological polar surface area (TPSA) is 50.9 Å². The van der Waals surface area contributed by atoms with Gasteiger partial charge in [0.2, 0.25) is 0 Å².